The molecular formula is C8H9BrO. The van der Waals surface area contributed by atoms with Gasteiger partial charge in [-0.25, -0.2) is 0 Å². The summed E-state index contributed by atoms with van der Waals surface area (Å²) in [5.41, 5.74) is 0.457. The Morgan fingerprint density at radius 2 is 2.20 bits per heavy atom. The molecule has 0 aliphatic carbocycles. The number of allylic oxidation sites excluding steroid dienone is 5. The second kappa shape index (κ2) is 5.18. The molecule has 0 aliphatic heterocycles. The molecule has 0 rings (SSSR count). The fourth-order valence-corrected chi connectivity index (χ4v) is 0.590. The Balaban J connectivity index is 4.18. The molecule has 0 fully saturated rings. The Labute approximate surface area is 69.3 Å². The Kier molecular flexibility index (Phi) is 4.85. The molecular weight excluding hydrogens is 192 g/mol. The molecule has 0 heterocycles. The second-order valence-corrected chi connectivity index (χ2v) is 2.54. The van der Waals surface area contributed by atoms with Gasteiger partial charge in [-0.15, -0.1) is 0 Å². The van der Waals surface area contributed by atoms with Crippen molar-refractivity contribution in [2.45, 2.75) is 6.92 Å². The molecule has 0 N–H and O–H groups in total. The molecule has 2 heteroatoms. The highest BCUT2D eigenvalue weighted by Crippen LogP contribution is 2.12. The van der Waals surface area contributed by atoms with Gasteiger partial charge in [-0.1, -0.05) is 34.7 Å². The number of halogens is 1. The maximum absolute atomic E-state index is 10.1. The number of carbonyl (C=O) groups excluding carboxylic acids is 1. The van der Waals surface area contributed by atoms with Gasteiger partial charge in [-0.3, -0.25) is 4.79 Å². The largest absolute Gasteiger partial charge is 0.298 e. The van der Waals surface area contributed by atoms with Gasteiger partial charge < -0.3 is 0 Å². The zero-order valence-corrected chi connectivity index (χ0v) is 7.39. The third-order valence-corrected chi connectivity index (χ3v) is 1.66. The summed E-state index contributed by atoms with van der Waals surface area (Å²) in [5.74, 6) is 0. The molecule has 0 saturated carbocycles. The topological polar surface area (TPSA) is 17.1 Å². The molecule has 0 aromatic heterocycles. The van der Waals surface area contributed by atoms with E-state index < -0.39 is 0 Å². The summed E-state index contributed by atoms with van der Waals surface area (Å²) in [7, 11) is 0. The standard InChI is InChI=1S/C8H9BrO/c1-3-4-5-8(9)7(2)6-10/h3-6H,2H2,1H3/b4-3-,8-5+. The maximum atomic E-state index is 10.1. The molecule has 0 aliphatic rings. The van der Waals surface area contributed by atoms with E-state index in [4.69, 9.17) is 0 Å². The summed E-state index contributed by atoms with van der Waals surface area (Å²) in [6, 6.07) is 0. The summed E-state index contributed by atoms with van der Waals surface area (Å²) >= 11 is 3.18. The minimum atomic E-state index is 0.457. The molecule has 0 saturated heterocycles. The van der Waals surface area contributed by atoms with E-state index in [0.717, 1.165) is 4.48 Å². The van der Waals surface area contributed by atoms with Crippen LogP contribution in [0.1, 0.15) is 6.92 Å². The van der Waals surface area contributed by atoms with E-state index in [1.165, 1.54) is 0 Å². The van der Waals surface area contributed by atoms with Crippen LogP contribution in [0.2, 0.25) is 0 Å². The molecule has 0 amide bonds. The number of hydrogen-bond acceptors (Lipinski definition) is 1. The Bertz CT molecular complexity index is 189. The Morgan fingerprint density at radius 3 is 2.60 bits per heavy atom. The van der Waals surface area contributed by atoms with Gasteiger partial charge in [0.15, 0.2) is 6.29 Å². The lowest BCUT2D eigenvalue weighted by Gasteiger charge is -1.89. The van der Waals surface area contributed by atoms with Crippen molar-refractivity contribution in [3.8, 4) is 0 Å². The summed E-state index contributed by atoms with van der Waals surface area (Å²) in [6.45, 7) is 5.41. The number of hydrogen-bond donors (Lipinski definition) is 0. The lowest BCUT2D eigenvalue weighted by atomic mass is 10.3. The van der Waals surface area contributed by atoms with Crippen LogP contribution in [0.3, 0.4) is 0 Å². The van der Waals surface area contributed by atoms with Gasteiger partial charge in [0, 0.05) is 10.1 Å². The monoisotopic (exact) mass is 200 g/mol. The van der Waals surface area contributed by atoms with Crippen molar-refractivity contribution in [3.05, 3.63) is 34.9 Å². The average molecular weight is 201 g/mol. The van der Waals surface area contributed by atoms with Gasteiger partial charge in [-0.05, 0) is 13.0 Å². The average Bonchev–Trinajstić information content (AvgIpc) is 1.98. The quantitative estimate of drug-likeness (QED) is 0.389. The zero-order valence-electron chi connectivity index (χ0n) is 5.80. The SMILES string of the molecule is C=C(C=O)/C(Br)=C\C=C/C. The first-order valence-corrected chi connectivity index (χ1v) is 3.64. The van der Waals surface area contributed by atoms with Crippen molar-refractivity contribution in [1.82, 2.24) is 0 Å². The van der Waals surface area contributed by atoms with E-state index in [-0.39, 0.29) is 0 Å². The molecule has 0 radical (unpaired) electrons. The van der Waals surface area contributed by atoms with Crippen molar-refractivity contribution >= 4 is 22.2 Å². The van der Waals surface area contributed by atoms with E-state index in [9.17, 15) is 4.79 Å². The third kappa shape index (κ3) is 3.41. The molecule has 0 unspecified atom stereocenters. The number of aldehydes is 1. The van der Waals surface area contributed by atoms with Gasteiger partial charge in [0.2, 0.25) is 0 Å². The van der Waals surface area contributed by atoms with Gasteiger partial charge in [0.25, 0.3) is 0 Å². The van der Waals surface area contributed by atoms with E-state index in [0.29, 0.717) is 11.9 Å². The Morgan fingerprint density at radius 1 is 1.60 bits per heavy atom. The van der Waals surface area contributed by atoms with Crippen molar-refractivity contribution < 1.29 is 4.79 Å². The van der Waals surface area contributed by atoms with E-state index in [2.05, 4.69) is 22.5 Å². The van der Waals surface area contributed by atoms with Crippen LogP contribution in [0.25, 0.3) is 0 Å². The van der Waals surface area contributed by atoms with E-state index in [1.807, 2.05) is 19.1 Å². The summed E-state index contributed by atoms with van der Waals surface area (Å²) < 4.78 is 0.723. The fourth-order valence-electron chi connectivity index (χ4n) is 0.344. The van der Waals surface area contributed by atoms with Crippen LogP contribution < -0.4 is 0 Å². The molecule has 0 aromatic rings. The lowest BCUT2D eigenvalue weighted by Crippen LogP contribution is -1.78. The van der Waals surface area contributed by atoms with Crippen molar-refractivity contribution in [2.75, 3.05) is 0 Å². The van der Waals surface area contributed by atoms with E-state index in [1.54, 1.807) is 6.08 Å². The first kappa shape index (κ1) is 9.37. The van der Waals surface area contributed by atoms with Crippen LogP contribution >= 0.6 is 15.9 Å². The minimum absolute atomic E-state index is 0.457. The first-order chi connectivity index (χ1) is 4.72. The lowest BCUT2D eigenvalue weighted by molar-refractivity contribution is -0.104. The van der Waals surface area contributed by atoms with Crippen LogP contribution in [0.4, 0.5) is 0 Å². The molecule has 0 aromatic carbocycles. The molecule has 0 atom stereocenters. The van der Waals surface area contributed by atoms with Crippen LogP contribution in [-0.2, 0) is 4.79 Å². The highest BCUT2D eigenvalue weighted by Gasteiger charge is 1.92. The van der Waals surface area contributed by atoms with Crippen molar-refractivity contribution in [3.63, 3.8) is 0 Å². The maximum Gasteiger partial charge on any atom is 0.150 e. The Hall–Kier alpha value is -0.630. The predicted molar refractivity (Wildman–Crippen MR) is 47.0 cm³/mol. The summed E-state index contributed by atoms with van der Waals surface area (Å²) in [6.07, 6.45) is 6.19. The highest BCUT2D eigenvalue weighted by molar-refractivity contribution is 9.12. The molecule has 1 nitrogen and oxygen atoms in total. The smallest absolute Gasteiger partial charge is 0.150 e. The van der Waals surface area contributed by atoms with Gasteiger partial charge >= 0.3 is 0 Å². The first-order valence-electron chi connectivity index (χ1n) is 2.85. The van der Waals surface area contributed by atoms with Crippen LogP contribution in [0, 0.1) is 0 Å². The van der Waals surface area contributed by atoms with Gasteiger partial charge in [0.05, 0.1) is 0 Å². The van der Waals surface area contributed by atoms with Crippen molar-refractivity contribution in [2.24, 2.45) is 0 Å². The second-order valence-electron chi connectivity index (χ2n) is 1.68. The summed E-state index contributed by atoms with van der Waals surface area (Å²) in [4.78, 5) is 10.1. The fraction of sp³-hybridized carbons (Fsp3) is 0.125. The van der Waals surface area contributed by atoms with Crippen molar-refractivity contribution in [1.29, 1.82) is 0 Å². The van der Waals surface area contributed by atoms with Crippen LogP contribution in [0.15, 0.2) is 34.9 Å². The minimum Gasteiger partial charge on any atom is -0.298 e. The number of rotatable bonds is 3. The van der Waals surface area contributed by atoms with Crippen LogP contribution in [-0.4, -0.2) is 6.29 Å². The van der Waals surface area contributed by atoms with Crippen LogP contribution in [0.5, 0.6) is 0 Å². The molecule has 54 valence electrons. The highest BCUT2D eigenvalue weighted by atomic mass is 79.9. The molecule has 0 bridgehead atoms. The normalized spacial score (nSPS) is 12.0. The van der Waals surface area contributed by atoms with E-state index >= 15 is 0 Å². The number of carbonyl (C=O) groups is 1. The predicted octanol–water partition coefficient (Wildman–Crippen LogP) is 2.60. The zero-order chi connectivity index (χ0) is 7.98. The van der Waals surface area contributed by atoms with Gasteiger partial charge in [0.1, 0.15) is 0 Å². The molecule has 0 spiro atoms. The third-order valence-electron chi connectivity index (χ3n) is 0.884. The molecule has 10 heavy (non-hydrogen) atoms. The summed E-state index contributed by atoms with van der Waals surface area (Å²) in [5, 5.41) is 0. The van der Waals surface area contributed by atoms with Gasteiger partial charge in [-0.2, -0.15) is 0 Å².